The van der Waals surface area contributed by atoms with Crippen molar-refractivity contribution in [2.75, 3.05) is 26.0 Å². The summed E-state index contributed by atoms with van der Waals surface area (Å²) in [6, 6.07) is 3.47. The number of hydrogen-bond donors (Lipinski definition) is 2. The lowest BCUT2D eigenvalue weighted by molar-refractivity contribution is -0.136. The standard InChI is InChI=1S/C19H25ClN4O5S/c1-12-6-4-5-9-19(12)17(26)24(18(27)22-19)11-16(25)21-13-7-8-14(20)15(10-13)30(28,29)23(2)3/h7-8,10,12H,4-6,9,11H2,1-3H3,(H,21,25)(H,22,27). The maximum Gasteiger partial charge on any atom is 0.325 e. The maximum absolute atomic E-state index is 13.0. The van der Waals surface area contributed by atoms with Gasteiger partial charge in [-0.15, -0.1) is 0 Å². The zero-order valence-corrected chi connectivity index (χ0v) is 18.6. The zero-order valence-electron chi connectivity index (χ0n) is 17.1. The Morgan fingerprint density at radius 1 is 1.33 bits per heavy atom. The number of sulfonamides is 1. The Hall–Kier alpha value is -2.17. The van der Waals surface area contributed by atoms with E-state index in [4.69, 9.17) is 11.6 Å². The van der Waals surface area contributed by atoms with Gasteiger partial charge in [-0.25, -0.2) is 17.5 Å². The van der Waals surface area contributed by atoms with Crippen molar-refractivity contribution in [3.63, 3.8) is 0 Å². The number of carbonyl (C=O) groups is 3. The molecule has 164 valence electrons. The smallest absolute Gasteiger partial charge is 0.324 e. The van der Waals surface area contributed by atoms with Crippen molar-refractivity contribution in [1.82, 2.24) is 14.5 Å². The van der Waals surface area contributed by atoms with E-state index in [0.29, 0.717) is 6.42 Å². The van der Waals surface area contributed by atoms with Gasteiger partial charge in [-0.3, -0.25) is 14.5 Å². The lowest BCUT2D eigenvalue weighted by Gasteiger charge is -2.36. The van der Waals surface area contributed by atoms with Crippen molar-refractivity contribution in [2.45, 2.75) is 43.0 Å². The Morgan fingerprint density at radius 2 is 2.03 bits per heavy atom. The van der Waals surface area contributed by atoms with E-state index in [0.717, 1.165) is 28.5 Å². The van der Waals surface area contributed by atoms with Crippen LogP contribution in [0.5, 0.6) is 0 Å². The van der Waals surface area contributed by atoms with Crippen molar-refractivity contribution in [3.8, 4) is 0 Å². The van der Waals surface area contributed by atoms with Gasteiger partial charge >= 0.3 is 6.03 Å². The van der Waals surface area contributed by atoms with Crippen LogP contribution in [-0.4, -0.2) is 61.6 Å². The van der Waals surface area contributed by atoms with Crippen LogP contribution in [0.3, 0.4) is 0 Å². The van der Waals surface area contributed by atoms with Gasteiger partial charge in [0, 0.05) is 19.8 Å². The minimum Gasteiger partial charge on any atom is -0.324 e. The Labute approximate surface area is 180 Å². The molecule has 0 bridgehead atoms. The molecule has 1 aliphatic heterocycles. The second kappa shape index (κ2) is 8.16. The van der Waals surface area contributed by atoms with E-state index in [2.05, 4.69) is 10.6 Å². The molecular weight excluding hydrogens is 432 g/mol. The van der Waals surface area contributed by atoms with Crippen molar-refractivity contribution in [2.24, 2.45) is 5.92 Å². The van der Waals surface area contributed by atoms with Crippen molar-refractivity contribution >= 4 is 45.2 Å². The number of nitrogens with zero attached hydrogens (tertiary/aromatic N) is 2. The van der Waals surface area contributed by atoms with Crippen LogP contribution in [0.15, 0.2) is 23.1 Å². The SMILES string of the molecule is CC1CCCCC12NC(=O)N(CC(=O)Nc1ccc(Cl)c(S(=O)(=O)N(C)C)c1)C2=O. The van der Waals surface area contributed by atoms with E-state index >= 15 is 0 Å². The third-order valence-electron chi connectivity index (χ3n) is 5.78. The molecule has 1 heterocycles. The van der Waals surface area contributed by atoms with E-state index in [1.54, 1.807) is 0 Å². The zero-order chi connectivity index (χ0) is 22.3. The molecule has 1 aliphatic carbocycles. The lowest BCUT2D eigenvalue weighted by Crippen LogP contribution is -2.54. The number of rotatable bonds is 5. The minimum absolute atomic E-state index is 0.00850. The summed E-state index contributed by atoms with van der Waals surface area (Å²) in [5.41, 5.74) is -0.749. The molecule has 3 rings (SSSR count). The molecule has 2 atom stereocenters. The van der Waals surface area contributed by atoms with Gasteiger partial charge < -0.3 is 10.6 Å². The summed E-state index contributed by atoms with van der Waals surface area (Å²) < 4.78 is 25.8. The number of carbonyl (C=O) groups excluding carboxylic acids is 3. The first-order valence-electron chi connectivity index (χ1n) is 9.65. The fourth-order valence-electron chi connectivity index (χ4n) is 3.96. The first-order valence-corrected chi connectivity index (χ1v) is 11.5. The third kappa shape index (κ3) is 3.91. The summed E-state index contributed by atoms with van der Waals surface area (Å²) in [6.07, 6.45) is 3.23. The molecule has 1 saturated heterocycles. The van der Waals surface area contributed by atoms with Gasteiger partial charge in [0.25, 0.3) is 5.91 Å². The molecule has 0 aromatic heterocycles. The highest BCUT2D eigenvalue weighted by Crippen LogP contribution is 2.38. The number of hydrogen-bond acceptors (Lipinski definition) is 5. The Bertz CT molecular complexity index is 997. The highest BCUT2D eigenvalue weighted by Gasteiger charge is 2.55. The number of anilines is 1. The van der Waals surface area contributed by atoms with E-state index in [1.165, 1.54) is 32.3 Å². The average molecular weight is 457 g/mol. The summed E-state index contributed by atoms with van der Waals surface area (Å²) in [5.74, 6) is -1.01. The van der Waals surface area contributed by atoms with Crippen molar-refractivity contribution in [1.29, 1.82) is 0 Å². The van der Waals surface area contributed by atoms with E-state index in [9.17, 15) is 22.8 Å². The van der Waals surface area contributed by atoms with Gasteiger partial charge in [0.15, 0.2) is 0 Å². The van der Waals surface area contributed by atoms with E-state index in [-0.39, 0.29) is 27.4 Å². The molecule has 1 aromatic carbocycles. The summed E-state index contributed by atoms with van der Waals surface area (Å²) in [7, 11) is -1.07. The van der Waals surface area contributed by atoms with Gasteiger partial charge in [0.05, 0.1) is 5.02 Å². The number of amides is 4. The van der Waals surface area contributed by atoms with Gasteiger partial charge in [-0.2, -0.15) is 0 Å². The molecule has 2 N–H and O–H groups in total. The first-order chi connectivity index (χ1) is 14.0. The Morgan fingerprint density at radius 3 is 2.67 bits per heavy atom. The molecule has 1 spiro atoms. The molecular formula is C19H25ClN4O5S. The van der Waals surface area contributed by atoms with Gasteiger partial charge in [0.1, 0.15) is 17.0 Å². The molecule has 9 nitrogen and oxygen atoms in total. The van der Waals surface area contributed by atoms with Crippen LogP contribution < -0.4 is 10.6 Å². The summed E-state index contributed by atoms with van der Waals surface area (Å²) in [6.45, 7) is 1.47. The van der Waals surface area contributed by atoms with Gasteiger partial charge in [-0.1, -0.05) is 31.4 Å². The minimum atomic E-state index is -3.81. The van der Waals surface area contributed by atoms with Crippen LogP contribution in [0.1, 0.15) is 32.6 Å². The molecule has 1 aromatic rings. The molecule has 30 heavy (non-hydrogen) atoms. The van der Waals surface area contributed by atoms with Crippen LogP contribution in [-0.2, 0) is 19.6 Å². The Kier molecular flexibility index (Phi) is 6.13. The topological polar surface area (TPSA) is 116 Å². The second-order valence-electron chi connectivity index (χ2n) is 7.92. The molecule has 1 saturated carbocycles. The number of benzene rings is 1. The lowest BCUT2D eigenvalue weighted by atomic mass is 9.73. The fraction of sp³-hybridized carbons (Fsp3) is 0.526. The number of urea groups is 1. The number of nitrogens with one attached hydrogen (secondary N) is 2. The maximum atomic E-state index is 13.0. The molecule has 4 amide bonds. The van der Waals surface area contributed by atoms with Crippen LogP contribution >= 0.6 is 11.6 Å². The molecule has 2 fully saturated rings. The van der Waals surface area contributed by atoms with Gasteiger partial charge in [-0.05, 0) is 37.0 Å². The summed E-state index contributed by atoms with van der Waals surface area (Å²) in [5, 5.41) is 5.35. The third-order valence-corrected chi connectivity index (χ3v) is 8.07. The molecule has 2 unspecified atom stereocenters. The van der Waals surface area contributed by atoms with Gasteiger partial charge in [0.2, 0.25) is 15.9 Å². The average Bonchev–Trinajstić information content (AvgIpc) is 2.90. The monoisotopic (exact) mass is 456 g/mol. The largest absolute Gasteiger partial charge is 0.325 e. The highest BCUT2D eigenvalue weighted by molar-refractivity contribution is 7.89. The quantitative estimate of drug-likeness (QED) is 0.657. The highest BCUT2D eigenvalue weighted by atomic mass is 35.5. The van der Waals surface area contributed by atoms with Crippen LogP contribution in [0, 0.1) is 5.92 Å². The number of imide groups is 1. The van der Waals surface area contributed by atoms with Crippen LogP contribution in [0.25, 0.3) is 0 Å². The Balaban J connectivity index is 1.75. The molecule has 11 heteroatoms. The van der Waals surface area contributed by atoms with Crippen molar-refractivity contribution < 1.29 is 22.8 Å². The normalized spacial score (nSPS) is 24.4. The van der Waals surface area contributed by atoms with E-state index < -0.39 is 34.0 Å². The van der Waals surface area contributed by atoms with Crippen molar-refractivity contribution in [3.05, 3.63) is 23.2 Å². The molecule has 0 radical (unpaired) electrons. The summed E-state index contributed by atoms with van der Waals surface area (Å²) in [4.78, 5) is 38.6. The number of halogens is 1. The summed E-state index contributed by atoms with van der Waals surface area (Å²) >= 11 is 6.01. The van der Waals surface area contributed by atoms with Crippen LogP contribution in [0.2, 0.25) is 5.02 Å². The predicted octanol–water partition coefficient (Wildman–Crippen LogP) is 2.03. The second-order valence-corrected chi connectivity index (χ2v) is 10.4. The van der Waals surface area contributed by atoms with Crippen LogP contribution in [0.4, 0.5) is 10.5 Å². The van der Waals surface area contributed by atoms with E-state index in [1.807, 2.05) is 6.92 Å². The first kappa shape index (κ1) is 22.5. The predicted molar refractivity (Wildman–Crippen MR) is 112 cm³/mol. The molecule has 2 aliphatic rings. The fourth-order valence-corrected chi connectivity index (χ4v) is 5.35.